The molecule has 3 heteroatoms. The molecule has 1 aliphatic heterocycles. The van der Waals surface area contributed by atoms with Crippen LogP contribution in [-0.2, 0) is 9.47 Å². The van der Waals surface area contributed by atoms with Gasteiger partial charge < -0.3 is 9.47 Å². The van der Waals surface area contributed by atoms with Crippen LogP contribution in [0, 0.1) is 0 Å². The second-order valence-electron chi connectivity index (χ2n) is 7.38. The molecule has 1 aliphatic rings. The van der Waals surface area contributed by atoms with Gasteiger partial charge in [0.2, 0.25) is 0 Å². The van der Waals surface area contributed by atoms with Crippen molar-refractivity contribution >= 4 is 7.26 Å². The van der Waals surface area contributed by atoms with Gasteiger partial charge in [-0.2, -0.15) is 0 Å². The Labute approximate surface area is 127 Å². The molecule has 0 N–H and O–H groups in total. The summed E-state index contributed by atoms with van der Waals surface area (Å²) in [6.45, 7) is 15.6. The van der Waals surface area contributed by atoms with Crippen LogP contribution < -0.4 is 0 Å². The molecule has 1 heterocycles. The molecule has 20 heavy (non-hydrogen) atoms. The lowest BCUT2D eigenvalue weighted by molar-refractivity contribution is -0.0694. The topological polar surface area (TPSA) is 18.5 Å². The molecule has 0 aromatic heterocycles. The van der Waals surface area contributed by atoms with E-state index in [1.54, 1.807) is 0 Å². The number of hydrogen-bond acceptors (Lipinski definition) is 2. The molecule has 1 saturated heterocycles. The SMILES string of the molecule is CCC[P+](CCC)(CCC)CC1OC(C)(C)C(C)(C)O1. The van der Waals surface area contributed by atoms with Crippen LogP contribution in [0.3, 0.4) is 0 Å². The Bertz CT molecular complexity index is 266. The van der Waals surface area contributed by atoms with Crippen molar-refractivity contribution in [1.29, 1.82) is 0 Å². The highest BCUT2D eigenvalue weighted by Crippen LogP contribution is 2.62. The largest absolute Gasteiger partial charge is 0.340 e. The van der Waals surface area contributed by atoms with Crippen molar-refractivity contribution < 1.29 is 9.47 Å². The first-order valence-electron chi connectivity index (χ1n) is 8.42. The van der Waals surface area contributed by atoms with Crippen LogP contribution >= 0.6 is 7.26 Å². The predicted octanol–water partition coefficient (Wildman–Crippen LogP) is 5.16. The molecule has 0 spiro atoms. The Kier molecular flexibility index (Phi) is 6.51. The summed E-state index contributed by atoms with van der Waals surface area (Å²) in [5, 5.41) is 0. The van der Waals surface area contributed by atoms with Gasteiger partial charge in [0.15, 0.2) is 6.29 Å². The van der Waals surface area contributed by atoms with E-state index in [4.69, 9.17) is 9.47 Å². The summed E-state index contributed by atoms with van der Waals surface area (Å²) >= 11 is 0. The molecule has 0 amide bonds. The highest BCUT2D eigenvalue weighted by molar-refractivity contribution is 7.75. The van der Waals surface area contributed by atoms with Gasteiger partial charge in [-0.05, 0) is 47.0 Å². The zero-order valence-electron chi connectivity index (χ0n) is 14.8. The standard InChI is InChI=1S/C17H36O2P/c1-8-11-20(12-9-2,13-10-3)14-15-18-16(4,5)17(6,7)19-15/h15H,8-14H2,1-7H3/q+1. The Balaban J connectivity index is 2.80. The van der Waals surface area contributed by atoms with E-state index >= 15 is 0 Å². The lowest BCUT2D eigenvalue weighted by Crippen LogP contribution is -2.41. The van der Waals surface area contributed by atoms with Crippen molar-refractivity contribution in [3.05, 3.63) is 0 Å². The average Bonchev–Trinajstić information content (AvgIpc) is 2.47. The summed E-state index contributed by atoms with van der Waals surface area (Å²) in [5.41, 5.74) is -0.365. The summed E-state index contributed by atoms with van der Waals surface area (Å²) in [6, 6.07) is 0. The van der Waals surface area contributed by atoms with Gasteiger partial charge >= 0.3 is 0 Å². The third-order valence-corrected chi connectivity index (χ3v) is 10.2. The van der Waals surface area contributed by atoms with Crippen molar-refractivity contribution in [2.45, 2.75) is 85.2 Å². The summed E-state index contributed by atoms with van der Waals surface area (Å²) in [4.78, 5) is 0. The van der Waals surface area contributed by atoms with Gasteiger partial charge in [-0.15, -0.1) is 0 Å². The maximum absolute atomic E-state index is 6.26. The molecule has 0 aromatic carbocycles. The summed E-state index contributed by atoms with van der Waals surface area (Å²) in [5.74, 6) is 0. The van der Waals surface area contributed by atoms with Crippen LogP contribution in [0.2, 0.25) is 0 Å². The van der Waals surface area contributed by atoms with Crippen LogP contribution in [0.15, 0.2) is 0 Å². The Morgan fingerprint density at radius 2 is 1.10 bits per heavy atom. The third-order valence-electron chi connectivity index (χ3n) is 4.93. The summed E-state index contributed by atoms with van der Waals surface area (Å²) < 4.78 is 12.5. The lowest BCUT2D eigenvalue weighted by atomic mass is 9.90. The monoisotopic (exact) mass is 303 g/mol. The Morgan fingerprint density at radius 1 is 0.750 bits per heavy atom. The molecular formula is C17H36O2P+. The minimum absolute atomic E-state index is 0.0120. The van der Waals surface area contributed by atoms with E-state index in [0.29, 0.717) is 0 Å². The maximum atomic E-state index is 6.26. The summed E-state index contributed by atoms with van der Waals surface area (Å²) in [6.07, 6.45) is 9.28. The molecule has 1 rings (SSSR count). The van der Waals surface area contributed by atoms with Crippen molar-refractivity contribution in [3.8, 4) is 0 Å². The van der Waals surface area contributed by atoms with Gasteiger partial charge in [-0.25, -0.2) is 0 Å². The van der Waals surface area contributed by atoms with Crippen molar-refractivity contribution in [2.75, 3.05) is 24.6 Å². The molecule has 0 radical (unpaired) electrons. The van der Waals surface area contributed by atoms with Gasteiger partial charge in [0.1, 0.15) is 6.16 Å². The fraction of sp³-hybridized carbons (Fsp3) is 1.00. The predicted molar refractivity (Wildman–Crippen MR) is 91.4 cm³/mol. The first kappa shape index (κ1) is 18.4. The maximum Gasteiger partial charge on any atom is 0.192 e. The van der Waals surface area contributed by atoms with Crippen molar-refractivity contribution in [3.63, 3.8) is 0 Å². The Morgan fingerprint density at radius 3 is 1.40 bits per heavy atom. The third kappa shape index (κ3) is 4.18. The molecular weight excluding hydrogens is 267 g/mol. The summed E-state index contributed by atoms with van der Waals surface area (Å²) in [7, 11) is -0.908. The van der Waals surface area contributed by atoms with Crippen LogP contribution in [0.25, 0.3) is 0 Å². The molecule has 2 nitrogen and oxygen atoms in total. The molecule has 0 atom stereocenters. The number of rotatable bonds is 8. The highest BCUT2D eigenvalue weighted by atomic mass is 31.2. The van der Waals surface area contributed by atoms with E-state index in [1.807, 2.05) is 0 Å². The van der Waals surface area contributed by atoms with Crippen LogP contribution in [-0.4, -0.2) is 42.1 Å². The fourth-order valence-electron chi connectivity index (χ4n) is 3.39. The average molecular weight is 303 g/mol. The van der Waals surface area contributed by atoms with Crippen LogP contribution in [0.5, 0.6) is 0 Å². The van der Waals surface area contributed by atoms with Crippen molar-refractivity contribution in [1.82, 2.24) is 0 Å². The molecule has 0 bridgehead atoms. The minimum atomic E-state index is -0.908. The second kappa shape index (κ2) is 7.07. The first-order valence-corrected chi connectivity index (χ1v) is 11.0. The van der Waals surface area contributed by atoms with E-state index in [0.717, 1.165) is 6.16 Å². The van der Waals surface area contributed by atoms with Crippen LogP contribution in [0.1, 0.15) is 67.7 Å². The van der Waals surface area contributed by atoms with E-state index in [2.05, 4.69) is 48.5 Å². The molecule has 120 valence electrons. The smallest absolute Gasteiger partial charge is 0.192 e. The molecule has 1 fully saturated rings. The van der Waals surface area contributed by atoms with Gasteiger partial charge in [0.05, 0.1) is 29.7 Å². The second-order valence-corrected chi connectivity index (χ2v) is 11.8. The first-order chi connectivity index (χ1) is 9.22. The van der Waals surface area contributed by atoms with E-state index in [9.17, 15) is 0 Å². The van der Waals surface area contributed by atoms with E-state index in [-0.39, 0.29) is 17.5 Å². The Hall–Kier alpha value is 0.350. The molecule has 0 aliphatic carbocycles. The number of hydrogen-bond donors (Lipinski definition) is 0. The fourth-order valence-corrected chi connectivity index (χ4v) is 8.23. The van der Waals surface area contributed by atoms with Crippen molar-refractivity contribution in [2.24, 2.45) is 0 Å². The zero-order chi connectivity index (χ0) is 15.4. The van der Waals surface area contributed by atoms with Crippen LogP contribution in [0.4, 0.5) is 0 Å². The van der Waals surface area contributed by atoms with Gasteiger partial charge in [0.25, 0.3) is 0 Å². The lowest BCUT2D eigenvalue weighted by Gasteiger charge is -2.30. The molecule has 0 saturated carbocycles. The quantitative estimate of drug-likeness (QED) is 0.576. The van der Waals surface area contributed by atoms with Gasteiger partial charge in [-0.3, -0.25) is 0 Å². The van der Waals surface area contributed by atoms with Gasteiger partial charge in [-0.1, -0.05) is 20.8 Å². The van der Waals surface area contributed by atoms with E-state index in [1.165, 1.54) is 37.7 Å². The highest BCUT2D eigenvalue weighted by Gasteiger charge is 2.52. The minimum Gasteiger partial charge on any atom is -0.340 e. The molecule has 0 unspecified atom stereocenters. The zero-order valence-corrected chi connectivity index (χ0v) is 15.7. The molecule has 0 aromatic rings. The van der Waals surface area contributed by atoms with E-state index < -0.39 is 7.26 Å². The number of ether oxygens (including phenoxy) is 2. The normalized spacial score (nSPS) is 22.4. The van der Waals surface area contributed by atoms with Gasteiger partial charge in [0, 0.05) is 7.26 Å².